The van der Waals surface area contributed by atoms with E-state index in [2.05, 4.69) is 45.0 Å². The van der Waals surface area contributed by atoms with Gasteiger partial charge in [-0.3, -0.25) is 0 Å². The Morgan fingerprint density at radius 1 is 0.879 bits per heavy atom. The molecule has 0 amide bonds. The first-order valence-corrected chi connectivity index (χ1v) is 13.5. The second kappa shape index (κ2) is 13.6. The Balaban J connectivity index is 1.44. The molecule has 1 fully saturated rings. The third-order valence-corrected chi connectivity index (χ3v) is 7.60. The quantitative estimate of drug-likeness (QED) is 0.184. The molecule has 2 nitrogen and oxygen atoms in total. The number of unbranched alkanes of at least 4 members (excludes halogenated alkanes) is 4. The molecule has 0 radical (unpaired) electrons. The van der Waals surface area contributed by atoms with Crippen molar-refractivity contribution >= 4 is 5.97 Å². The molecule has 0 saturated heterocycles. The maximum atomic E-state index is 12.6. The molecule has 1 aliphatic rings. The van der Waals surface area contributed by atoms with Gasteiger partial charge in [-0.1, -0.05) is 90.0 Å². The van der Waals surface area contributed by atoms with E-state index < -0.39 is 0 Å². The van der Waals surface area contributed by atoms with Gasteiger partial charge in [-0.2, -0.15) is 0 Å². The topological polar surface area (TPSA) is 26.3 Å². The Morgan fingerprint density at radius 2 is 1.55 bits per heavy atom. The lowest BCUT2D eigenvalue weighted by atomic mass is 9.77. The van der Waals surface area contributed by atoms with Crippen molar-refractivity contribution in [3.8, 4) is 5.75 Å². The molecule has 0 aromatic heterocycles. The molecule has 0 N–H and O–H groups in total. The Bertz CT molecular complexity index is 813. The molecule has 2 aromatic carbocycles. The largest absolute Gasteiger partial charge is 0.423 e. The Morgan fingerprint density at radius 3 is 2.18 bits per heavy atom. The Kier molecular flexibility index (Phi) is 10.5. The van der Waals surface area contributed by atoms with Crippen molar-refractivity contribution < 1.29 is 9.53 Å². The smallest absolute Gasteiger partial charge is 0.343 e. The van der Waals surface area contributed by atoms with E-state index in [-0.39, 0.29) is 5.97 Å². The lowest BCUT2D eigenvalue weighted by Gasteiger charge is -2.29. The zero-order valence-electron chi connectivity index (χ0n) is 21.2. The number of esters is 1. The number of carbonyl (C=O) groups is 1. The summed E-state index contributed by atoms with van der Waals surface area (Å²) >= 11 is 0. The molecule has 1 aliphatic carbocycles. The summed E-state index contributed by atoms with van der Waals surface area (Å²) in [7, 11) is 0. The number of benzene rings is 2. The van der Waals surface area contributed by atoms with E-state index >= 15 is 0 Å². The van der Waals surface area contributed by atoms with Crippen LogP contribution in [0.5, 0.6) is 5.75 Å². The second-order valence-corrected chi connectivity index (χ2v) is 10.3. The van der Waals surface area contributed by atoms with Gasteiger partial charge in [0, 0.05) is 0 Å². The van der Waals surface area contributed by atoms with Gasteiger partial charge in [0.1, 0.15) is 5.75 Å². The van der Waals surface area contributed by atoms with Gasteiger partial charge >= 0.3 is 5.97 Å². The van der Waals surface area contributed by atoms with Crippen molar-refractivity contribution in [3.05, 3.63) is 65.2 Å². The van der Waals surface area contributed by atoms with Crippen LogP contribution in [0.25, 0.3) is 0 Å². The van der Waals surface area contributed by atoms with Gasteiger partial charge in [0.2, 0.25) is 0 Å². The number of hydrogen-bond donors (Lipinski definition) is 0. The van der Waals surface area contributed by atoms with Crippen molar-refractivity contribution in [2.75, 3.05) is 0 Å². The summed E-state index contributed by atoms with van der Waals surface area (Å²) in [5.74, 6) is 2.58. The van der Waals surface area contributed by atoms with E-state index in [0.717, 1.165) is 12.3 Å². The zero-order valence-corrected chi connectivity index (χ0v) is 21.2. The van der Waals surface area contributed by atoms with Gasteiger partial charge in [0.15, 0.2) is 0 Å². The van der Waals surface area contributed by atoms with E-state index in [1.54, 1.807) is 0 Å². The summed E-state index contributed by atoms with van der Waals surface area (Å²) in [5, 5.41) is 0. The van der Waals surface area contributed by atoms with Crippen LogP contribution in [0.4, 0.5) is 0 Å². The third kappa shape index (κ3) is 8.32. The van der Waals surface area contributed by atoms with Crippen LogP contribution < -0.4 is 4.74 Å². The predicted molar refractivity (Wildman–Crippen MR) is 139 cm³/mol. The first-order valence-electron chi connectivity index (χ1n) is 13.5. The van der Waals surface area contributed by atoms with Crippen LogP contribution in [-0.4, -0.2) is 5.97 Å². The van der Waals surface area contributed by atoms with Crippen molar-refractivity contribution in [2.45, 2.75) is 104 Å². The highest BCUT2D eigenvalue weighted by molar-refractivity contribution is 5.91. The van der Waals surface area contributed by atoms with E-state index in [0.29, 0.717) is 23.1 Å². The highest BCUT2D eigenvalue weighted by Gasteiger charge is 2.22. The van der Waals surface area contributed by atoms with Gasteiger partial charge in [0.05, 0.1) is 5.56 Å². The van der Waals surface area contributed by atoms with Crippen molar-refractivity contribution in [3.63, 3.8) is 0 Å². The van der Waals surface area contributed by atoms with Crippen LogP contribution >= 0.6 is 0 Å². The molecule has 1 atom stereocenters. The number of hydrogen-bond acceptors (Lipinski definition) is 2. The third-order valence-electron chi connectivity index (χ3n) is 7.60. The molecule has 2 aromatic rings. The summed E-state index contributed by atoms with van der Waals surface area (Å²) in [6.07, 6.45) is 15.9. The van der Waals surface area contributed by atoms with Crippen LogP contribution in [0.1, 0.15) is 119 Å². The standard InChI is InChI=1S/C31H44O2/c1-4-6-7-8-9-10-25-11-15-27(16-12-25)28-17-19-29(20-18-28)31(32)33-30-21-13-26(14-22-30)23-24(3)5-2/h13-14,17-22,24-25,27H,4-12,15-16,23H2,1-3H3. The summed E-state index contributed by atoms with van der Waals surface area (Å²) < 4.78 is 5.61. The van der Waals surface area contributed by atoms with Crippen LogP contribution in [0.2, 0.25) is 0 Å². The van der Waals surface area contributed by atoms with Gasteiger partial charge in [0.25, 0.3) is 0 Å². The highest BCUT2D eigenvalue weighted by Crippen LogP contribution is 2.37. The Hall–Kier alpha value is -2.09. The fourth-order valence-electron chi connectivity index (χ4n) is 5.12. The SMILES string of the molecule is CCCCCCCC1CCC(c2ccc(C(=O)Oc3ccc(CC(C)CC)cc3)cc2)CC1. The lowest BCUT2D eigenvalue weighted by molar-refractivity contribution is 0.0734. The average Bonchev–Trinajstić information content (AvgIpc) is 2.85. The maximum Gasteiger partial charge on any atom is 0.343 e. The van der Waals surface area contributed by atoms with Crippen LogP contribution in [0.3, 0.4) is 0 Å². The van der Waals surface area contributed by atoms with E-state index in [9.17, 15) is 4.79 Å². The van der Waals surface area contributed by atoms with E-state index in [1.165, 1.54) is 81.8 Å². The summed E-state index contributed by atoms with van der Waals surface area (Å²) in [4.78, 5) is 12.6. The van der Waals surface area contributed by atoms with Crippen LogP contribution in [0, 0.1) is 11.8 Å². The van der Waals surface area contributed by atoms with E-state index in [1.807, 2.05) is 24.3 Å². The number of rotatable bonds is 12. The summed E-state index contributed by atoms with van der Waals surface area (Å²) in [6, 6.07) is 16.1. The summed E-state index contributed by atoms with van der Waals surface area (Å²) in [6.45, 7) is 6.76. The Labute approximate surface area is 202 Å². The monoisotopic (exact) mass is 448 g/mol. The molecule has 1 unspecified atom stereocenters. The fraction of sp³-hybridized carbons (Fsp3) is 0.581. The average molecular weight is 449 g/mol. The molecular weight excluding hydrogens is 404 g/mol. The van der Waals surface area contributed by atoms with Crippen molar-refractivity contribution in [1.29, 1.82) is 0 Å². The first-order chi connectivity index (χ1) is 16.1. The summed E-state index contributed by atoms with van der Waals surface area (Å²) in [5.41, 5.74) is 3.30. The minimum Gasteiger partial charge on any atom is -0.423 e. The molecule has 1 saturated carbocycles. The molecule has 3 rings (SSSR count). The number of ether oxygens (including phenoxy) is 1. The normalized spacial score (nSPS) is 19.2. The van der Waals surface area contributed by atoms with Gasteiger partial charge in [-0.15, -0.1) is 0 Å². The molecule has 33 heavy (non-hydrogen) atoms. The van der Waals surface area contributed by atoms with Crippen LogP contribution in [0.15, 0.2) is 48.5 Å². The molecule has 2 heteroatoms. The molecule has 0 heterocycles. The first kappa shape index (κ1) is 25.5. The minimum absolute atomic E-state index is 0.275. The minimum atomic E-state index is -0.275. The van der Waals surface area contributed by atoms with Gasteiger partial charge in [-0.05, 0) is 85.3 Å². The van der Waals surface area contributed by atoms with E-state index in [4.69, 9.17) is 4.74 Å². The number of carbonyl (C=O) groups excluding carboxylic acids is 1. The van der Waals surface area contributed by atoms with Crippen molar-refractivity contribution in [1.82, 2.24) is 0 Å². The predicted octanol–water partition coefficient (Wildman–Crippen LogP) is 9.13. The molecule has 0 bridgehead atoms. The van der Waals surface area contributed by atoms with Gasteiger partial charge < -0.3 is 4.74 Å². The lowest BCUT2D eigenvalue weighted by Crippen LogP contribution is -2.14. The fourth-order valence-corrected chi connectivity index (χ4v) is 5.12. The highest BCUT2D eigenvalue weighted by atomic mass is 16.5. The molecule has 0 aliphatic heterocycles. The maximum absolute atomic E-state index is 12.6. The second-order valence-electron chi connectivity index (χ2n) is 10.3. The van der Waals surface area contributed by atoms with Crippen molar-refractivity contribution in [2.24, 2.45) is 11.8 Å². The molecule has 180 valence electrons. The molecular formula is C31H44O2. The van der Waals surface area contributed by atoms with Gasteiger partial charge in [-0.25, -0.2) is 4.79 Å². The molecule has 0 spiro atoms. The zero-order chi connectivity index (χ0) is 23.5. The van der Waals surface area contributed by atoms with Crippen LogP contribution in [-0.2, 0) is 6.42 Å².